The van der Waals surface area contributed by atoms with Crippen LogP contribution in [0.3, 0.4) is 0 Å². The molecule has 1 fully saturated rings. The molecular formula is C26H30N2O5. The highest BCUT2D eigenvalue weighted by molar-refractivity contribution is 6.05. The normalized spacial score (nSPS) is 15.5. The number of esters is 1. The molecule has 1 aromatic heterocycles. The maximum absolute atomic E-state index is 12.8. The fourth-order valence-corrected chi connectivity index (χ4v) is 4.22. The first-order valence-corrected chi connectivity index (χ1v) is 11.2. The molecule has 2 aromatic rings. The van der Waals surface area contributed by atoms with Gasteiger partial charge in [-0.05, 0) is 57.7 Å². The molecule has 0 aliphatic carbocycles. The number of ether oxygens (including phenoxy) is 1. The molecule has 174 valence electrons. The Bertz CT molecular complexity index is 1080. The van der Waals surface area contributed by atoms with E-state index in [2.05, 4.69) is 4.98 Å². The minimum atomic E-state index is -0.970. The molecule has 0 bridgehead atoms. The van der Waals surface area contributed by atoms with Crippen molar-refractivity contribution in [3.05, 3.63) is 64.5 Å². The van der Waals surface area contributed by atoms with E-state index >= 15 is 0 Å². The van der Waals surface area contributed by atoms with Crippen molar-refractivity contribution in [1.82, 2.24) is 9.88 Å². The Kier molecular flexibility index (Phi) is 7.63. The predicted octanol–water partition coefficient (Wildman–Crippen LogP) is 3.90. The van der Waals surface area contributed by atoms with Gasteiger partial charge in [-0.15, -0.1) is 0 Å². The molecule has 33 heavy (non-hydrogen) atoms. The minimum Gasteiger partial charge on any atom is -0.454 e. The summed E-state index contributed by atoms with van der Waals surface area (Å²) in [4.78, 5) is 54.4. The number of hydrogen-bond acceptors (Lipinski definition) is 5. The molecule has 1 atom stereocenters. The molecule has 1 aliphatic rings. The number of aromatic nitrogens is 1. The van der Waals surface area contributed by atoms with Gasteiger partial charge in [-0.25, -0.2) is 0 Å². The lowest BCUT2D eigenvalue weighted by Crippen LogP contribution is -2.40. The fraction of sp³-hybridized carbons (Fsp3) is 0.385. The van der Waals surface area contributed by atoms with Gasteiger partial charge in [-0.3, -0.25) is 19.2 Å². The lowest BCUT2D eigenvalue weighted by atomic mass is 9.96. The van der Waals surface area contributed by atoms with E-state index in [1.54, 1.807) is 30.9 Å². The van der Waals surface area contributed by atoms with Gasteiger partial charge in [-0.1, -0.05) is 30.3 Å². The van der Waals surface area contributed by atoms with Crippen molar-refractivity contribution in [2.75, 3.05) is 13.1 Å². The summed E-state index contributed by atoms with van der Waals surface area (Å²) >= 11 is 0. The first-order valence-electron chi connectivity index (χ1n) is 11.2. The lowest BCUT2D eigenvalue weighted by Gasteiger charge is -2.30. The molecule has 0 saturated carbocycles. The molecule has 1 saturated heterocycles. The number of nitrogens with zero attached hydrogens (tertiary/aromatic N) is 1. The average Bonchev–Trinajstić information content (AvgIpc) is 3.11. The van der Waals surface area contributed by atoms with E-state index in [1.165, 1.54) is 13.8 Å². The average molecular weight is 451 g/mol. The second-order valence-electron chi connectivity index (χ2n) is 8.47. The second kappa shape index (κ2) is 10.4. The van der Waals surface area contributed by atoms with Crippen LogP contribution in [0, 0.1) is 19.8 Å². The second-order valence-corrected chi connectivity index (χ2v) is 8.47. The molecule has 1 unspecified atom stereocenters. The Morgan fingerprint density at radius 2 is 1.73 bits per heavy atom. The number of amides is 1. The van der Waals surface area contributed by atoms with Gasteiger partial charge in [0.1, 0.15) is 0 Å². The molecule has 0 radical (unpaired) electrons. The molecule has 1 N–H and O–H groups in total. The van der Waals surface area contributed by atoms with Crippen LogP contribution in [0.15, 0.2) is 36.4 Å². The van der Waals surface area contributed by atoms with Gasteiger partial charge >= 0.3 is 5.97 Å². The summed E-state index contributed by atoms with van der Waals surface area (Å²) in [5, 5.41) is 0. The summed E-state index contributed by atoms with van der Waals surface area (Å²) in [5.41, 5.74) is 2.94. The Labute approximate surface area is 193 Å². The van der Waals surface area contributed by atoms with Crippen LogP contribution in [0.4, 0.5) is 0 Å². The van der Waals surface area contributed by atoms with Crippen molar-refractivity contribution < 1.29 is 23.9 Å². The van der Waals surface area contributed by atoms with E-state index in [-0.39, 0.29) is 23.4 Å². The van der Waals surface area contributed by atoms with Crippen LogP contribution in [-0.2, 0) is 14.3 Å². The highest BCUT2D eigenvalue weighted by Gasteiger charge is 2.31. The number of aromatic amines is 1. The number of ketones is 2. The molecule has 1 amide bonds. The minimum absolute atomic E-state index is 0.0897. The Morgan fingerprint density at radius 1 is 1.09 bits per heavy atom. The van der Waals surface area contributed by atoms with E-state index in [1.807, 2.05) is 30.3 Å². The number of hydrogen-bond donors (Lipinski definition) is 1. The van der Waals surface area contributed by atoms with Gasteiger partial charge in [0, 0.05) is 30.4 Å². The molecule has 7 heteroatoms. The van der Waals surface area contributed by atoms with Gasteiger partial charge in [0.2, 0.25) is 11.7 Å². The maximum Gasteiger partial charge on any atom is 0.309 e. The third kappa shape index (κ3) is 5.66. The Morgan fingerprint density at radius 3 is 2.30 bits per heavy atom. The first kappa shape index (κ1) is 24.2. The number of piperidine rings is 1. The quantitative estimate of drug-likeness (QED) is 0.392. The third-order valence-corrected chi connectivity index (χ3v) is 6.06. The summed E-state index contributed by atoms with van der Waals surface area (Å²) in [6.07, 6.45) is 3.32. The Hall–Kier alpha value is -3.48. The fourth-order valence-electron chi connectivity index (χ4n) is 4.22. The largest absolute Gasteiger partial charge is 0.454 e. The summed E-state index contributed by atoms with van der Waals surface area (Å²) in [6, 6.07) is 9.58. The van der Waals surface area contributed by atoms with Crippen molar-refractivity contribution in [3.63, 3.8) is 0 Å². The zero-order valence-electron chi connectivity index (χ0n) is 19.5. The van der Waals surface area contributed by atoms with Crippen molar-refractivity contribution in [2.45, 2.75) is 46.6 Å². The molecular weight excluding hydrogens is 420 g/mol. The molecule has 1 aromatic carbocycles. The van der Waals surface area contributed by atoms with Crippen LogP contribution in [0.5, 0.6) is 0 Å². The third-order valence-electron chi connectivity index (χ3n) is 6.06. The highest BCUT2D eigenvalue weighted by atomic mass is 16.5. The van der Waals surface area contributed by atoms with Crippen LogP contribution < -0.4 is 0 Å². The number of benzene rings is 1. The smallest absolute Gasteiger partial charge is 0.309 e. The van der Waals surface area contributed by atoms with E-state index in [0.717, 1.165) is 5.56 Å². The zero-order chi connectivity index (χ0) is 24.1. The van der Waals surface area contributed by atoms with Gasteiger partial charge in [0.15, 0.2) is 11.9 Å². The number of carbonyl (C=O) groups excluding carboxylic acids is 4. The van der Waals surface area contributed by atoms with Crippen LogP contribution in [0.25, 0.3) is 6.08 Å². The SMILES string of the molecule is CC(=O)c1c(C)[nH]c(C(=O)C(C)OC(=O)C2CCN(C(=O)/C=C/c3ccccc3)CC2)c1C. The summed E-state index contributed by atoms with van der Waals surface area (Å²) < 4.78 is 5.46. The van der Waals surface area contributed by atoms with E-state index in [9.17, 15) is 19.2 Å². The van der Waals surface area contributed by atoms with Crippen molar-refractivity contribution in [2.24, 2.45) is 5.92 Å². The highest BCUT2D eigenvalue weighted by Crippen LogP contribution is 2.23. The van der Waals surface area contributed by atoms with Crippen molar-refractivity contribution in [3.8, 4) is 0 Å². The number of H-pyrrole nitrogens is 1. The van der Waals surface area contributed by atoms with E-state index in [0.29, 0.717) is 48.4 Å². The van der Waals surface area contributed by atoms with Gasteiger partial charge in [-0.2, -0.15) is 0 Å². The summed E-state index contributed by atoms with van der Waals surface area (Å²) in [5.74, 6) is -1.37. The van der Waals surface area contributed by atoms with E-state index < -0.39 is 12.1 Å². The molecule has 1 aliphatic heterocycles. The van der Waals surface area contributed by atoms with Crippen LogP contribution in [-0.4, -0.2) is 52.5 Å². The standard InChI is InChI=1S/C26H30N2O5/c1-16-23(18(3)29)17(2)27-24(16)25(31)19(4)33-26(32)21-12-14-28(15-13-21)22(30)11-10-20-8-6-5-7-9-20/h5-11,19,21,27H,12-15H2,1-4H3/b11-10+. The number of aryl methyl sites for hydroxylation is 1. The number of likely N-dealkylation sites (tertiary alicyclic amines) is 1. The maximum atomic E-state index is 12.8. The molecule has 3 rings (SSSR count). The number of nitrogens with one attached hydrogen (secondary N) is 1. The molecule has 7 nitrogen and oxygen atoms in total. The van der Waals surface area contributed by atoms with Gasteiger partial charge < -0.3 is 14.6 Å². The van der Waals surface area contributed by atoms with Crippen LogP contribution in [0.2, 0.25) is 0 Å². The summed E-state index contributed by atoms with van der Waals surface area (Å²) in [6.45, 7) is 7.35. The lowest BCUT2D eigenvalue weighted by molar-refractivity contribution is -0.153. The van der Waals surface area contributed by atoms with Crippen LogP contribution in [0.1, 0.15) is 64.4 Å². The van der Waals surface area contributed by atoms with Gasteiger partial charge in [0.25, 0.3) is 0 Å². The van der Waals surface area contributed by atoms with Crippen LogP contribution >= 0.6 is 0 Å². The monoisotopic (exact) mass is 450 g/mol. The molecule has 2 heterocycles. The van der Waals surface area contributed by atoms with Crippen molar-refractivity contribution in [1.29, 1.82) is 0 Å². The Balaban J connectivity index is 1.53. The predicted molar refractivity (Wildman–Crippen MR) is 125 cm³/mol. The number of Topliss-reactive ketones (excluding diaryl/α,β-unsaturated/α-hetero) is 2. The van der Waals surface area contributed by atoms with E-state index in [4.69, 9.17) is 4.74 Å². The molecule has 0 spiro atoms. The number of rotatable bonds is 7. The topological polar surface area (TPSA) is 96.5 Å². The zero-order valence-corrected chi connectivity index (χ0v) is 19.5. The van der Waals surface area contributed by atoms with Crippen molar-refractivity contribution >= 4 is 29.5 Å². The van der Waals surface area contributed by atoms with Gasteiger partial charge in [0.05, 0.1) is 11.6 Å². The number of carbonyl (C=O) groups is 4. The summed E-state index contributed by atoms with van der Waals surface area (Å²) in [7, 11) is 0. The first-order chi connectivity index (χ1) is 15.7.